The molecule has 1 saturated heterocycles. The van der Waals surface area contributed by atoms with Gasteiger partial charge < -0.3 is 20.7 Å². The highest BCUT2D eigenvalue weighted by Gasteiger charge is 2.14. The summed E-state index contributed by atoms with van der Waals surface area (Å²) >= 11 is 0. The Morgan fingerprint density at radius 2 is 2.12 bits per heavy atom. The number of rotatable bonds is 5. The Labute approximate surface area is 153 Å². The molecular formula is C17H24N8O. The Morgan fingerprint density at radius 3 is 2.77 bits per heavy atom. The van der Waals surface area contributed by atoms with E-state index in [2.05, 4.69) is 36.1 Å². The van der Waals surface area contributed by atoms with E-state index in [1.54, 1.807) is 0 Å². The molecule has 2 aromatic rings. The Kier molecular flexibility index (Phi) is 7.67. The molecule has 0 amide bonds. The van der Waals surface area contributed by atoms with Gasteiger partial charge in [0.05, 0.1) is 36.5 Å². The van der Waals surface area contributed by atoms with Gasteiger partial charge in [-0.25, -0.2) is 9.97 Å². The van der Waals surface area contributed by atoms with Crippen molar-refractivity contribution < 1.29 is 4.74 Å². The lowest BCUT2D eigenvalue weighted by atomic mass is 10.2. The van der Waals surface area contributed by atoms with Crippen molar-refractivity contribution in [2.45, 2.75) is 26.9 Å². The van der Waals surface area contributed by atoms with Gasteiger partial charge in [-0.2, -0.15) is 10.4 Å². The summed E-state index contributed by atoms with van der Waals surface area (Å²) in [4.78, 5) is 8.06. The molecule has 9 heteroatoms. The molecule has 138 valence electrons. The van der Waals surface area contributed by atoms with Crippen LogP contribution in [0.1, 0.15) is 25.2 Å². The van der Waals surface area contributed by atoms with Gasteiger partial charge in [-0.3, -0.25) is 0 Å². The molecule has 2 aromatic heterocycles. The fourth-order valence-electron chi connectivity index (χ4n) is 2.25. The van der Waals surface area contributed by atoms with Crippen molar-refractivity contribution in [2.24, 2.45) is 0 Å². The van der Waals surface area contributed by atoms with Crippen LogP contribution in [0.4, 0.5) is 17.3 Å². The first kappa shape index (κ1) is 19.5. The van der Waals surface area contributed by atoms with E-state index in [-0.39, 0.29) is 11.8 Å². The van der Waals surface area contributed by atoms with Crippen molar-refractivity contribution in [2.75, 3.05) is 36.9 Å². The minimum atomic E-state index is 0.132. The third-order valence-electron chi connectivity index (χ3n) is 3.53. The zero-order valence-electron chi connectivity index (χ0n) is 15.3. The zero-order valence-corrected chi connectivity index (χ0v) is 15.3. The fraction of sp³-hybridized carbons (Fsp3) is 0.471. The molecule has 3 rings (SSSR count). The number of hydrogen-bond donors (Lipinski definition) is 3. The standard InChI is InChI=1S/C15H18N8O.C2H6/c1-10-13(19-8-12-7-17-2-3-24-12)4-14(23-22-10)21-15-9-18-11(5-16)6-20-15;1-2/h4,6,9,12,17H,2-3,7-8H2,1H3,(H2,19,20,21,23);1-2H3. The van der Waals surface area contributed by atoms with Gasteiger partial charge in [0.2, 0.25) is 0 Å². The summed E-state index contributed by atoms with van der Waals surface area (Å²) in [6.45, 7) is 9.03. The maximum Gasteiger partial charge on any atom is 0.158 e. The van der Waals surface area contributed by atoms with E-state index < -0.39 is 0 Å². The minimum Gasteiger partial charge on any atom is -0.381 e. The van der Waals surface area contributed by atoms with Crippen molar-refractivity contribution in [3.8, 4) is 6.07 Å². The molecule has 0 aliphatic carbocycles. The Morgan fingerprint density at radius 1 is 1.27 bits per heavy atom. The zero-order chi connectivity index (χ0) is 18.8. The van der Waals surface area contributed by atoms with E-state index in [0.29, 0.717) is 18.2 Å². The fourth-order valence-corrected chi connectivity index (χ4v) is 2.25. The lowest BCUT2D eigenvalue weighted by Crippen LogP contribution is -2.42. The van der Waals surface area contributed by atoms with Crippen LogP contribution in [0.5, 0.6) is 0 Å². The molecule has 1 unspecified atom stereocenters. The van der Waals surface area contributed by atoms with Crippen LogP contribution in [0, 0.1) is 18.3 Å². The molecule has 0 bridgehead atoms. The quantitative estimate of drug-likeness (QED) is 0.733. The summed E-state index contributed by atoms with van der Waals surface area (Å²) in [7, 11) is 0. The second-order valence-electron chi connectivity index (χ2n) is 5.33. The Hall–Kier alpha value is -2.83. The van der Waals surface area contributed by atoms with Crippen LogP contribution in [0.3, 0.4) is 0 Å². The van der Waals surface area contributed by atoms with Gasteiger partial charge in [0.15, 0.2) is 11.5 Å². The minimum absolute atomic E-state index is 0.132. The molecule has 1 aliphatic rings. The maximum atomic E-state index is 8.73. The number of ether oxygens (including phenoxy) is 1. The van der Waals surface area contributed by atoms with E-state index >= 15 is 0 Å². The molecule has 0 aromatic carbocycles. The van der Waals surface area contributed by atoms with Crippen LogP contribution in [0.25, 0.3) is 0 Å². The van der Waals surface area contributed by atoms with Gasteiger partial charge in [0.25, 0.3) is 0 Å². The first-order valence-electron chi connectivity index (χ1n) is 8.64. The largest absolute Gasteiger partial charge is 0.381 e. The van der Waals surface area contributed by atoms with Crippen LogP contribution in [-0.2, 0) is 4.74 Å². The molecule has 1 fully saturated rings. The summed E-state index contributed by atoms with van der Waals surface area (Å²) in [6, 6.07) is 3.79. The summed E-state index contributed by atoms with van der Waals surface area (Å²) in [6.07, 6.45) is 3.01. The molecule has 0 saturated carbocycles. The second kappa shape index (κ2) is 10.2. The molecule has 3 heterocycles. The monoisotopic (exact) mass is 356 g/mol. The number of aryl methyl sites for hydroxylation is 1. The van der Waals surface area contributed by atoms with Crippen LogP contribution in [0.2, 0.25) is 0 Å². The van der Waals surface area contributed by atoms with Gasteiger partial charge in [0, 0.05) is 25.7 Å². The molecule has 1 aliphatic heterocycles. The van der Waals surface area contributed by atoms with Crippen LogP contribution < -0.4 is 16.0 Å². The molecule has 0 spiro atoms. The number of nitriles is 1. The highest BCUT2D eigenvalue weighted by atomic mass is 16.5. The van der Waals surface area contributed by atoms with E-state index in [0.717, 1.165) is 31.1 Å². The molecular weight excluding hydrogens is 332 g/mol. The number of anilines is 3. The predicted molar refractivity (Wildman–Crippen MR) is 99.2 cm³/mol. The lowest BCUT2D eigenvalue weighted by Gasteiger charge is -2.24. The van der Waals surface area contributed by atoms with E-state index in [1.165, 1.54) is 12.4 Å². The number of hydrogen-bond acceptors (Lipinski definition) is 9. The average Bonchev–Trinajstić information content (AvgIpc) is 2.71. The molecule has 26 heavy (non-hydrogen) atoms. The molecule has 3 N–H and O–H groups in total. The Bertz CT molecular complexity index is 723. The van der Waals surface area contributed by atoms with E-state index in [1.807, 2.05) is 32.9 Å². The average molecular weight is 356 g/mol. The van der Waals surface area contributed by atoms with Gasteiger partial charge in [-0.05, 0) is 6.92 Å². The topological polar surface area (TPSA) is 121 Å². The van der Waals surface area contributed by atoms with Crippen molar-refractivity contribution >= 4 is 17.3 Å². The van der Waals surface area contributed by atoms with Gasteiger partial charge in [0.1, 0.15) is 11.9 Å². The lowest BCUT2D eigenvalue weighted by molar-refractivity contribution is 0.0372. The van der Waals surface area contributed by atoms with Crippen molar-refractivity contribution in [1.29, 1.82) is 5.26 Å². The third kappa shape index (κ3) is 5.61. The number of nitrogens with zero attached hydrogens (tertiary/aromatic N) is 5. The van der Waals surface area contributed by atoms with Crippen LogP contribution >= 0.6 is 0 Å². The van der Waals surface area contributed by atoms with Crippen LogP contribution in [-0.4, -0.2) is 52.5 Å². The molecule has 9 nitrogen and oxygen atoms in total. The second-order valence-corrected chi connectivity index (χ2v) is 5.33. The SMILES string of the molecule is CC.Cc1nnc(Nc2cnc(C#N)cn2)cc1NCC1CNCCO1. The van der Waals surface area contributed by atoms with Crippen LogP contribution in [0.15, 0.2) is 18.5 Å². The van der Waals surface area contributed by atoms with Crippen molar-refractivity contribution in [3.63, 3.8) is 0 Å². The van der Waals surface area contributed by atoms with Gasteiger partial charge in [-0.1, -0.05) is 13.8 Å². The highest BCUT2D eigenvalue weighted by Crippen LogP contribution is 2.18. The van der Waals surface area contributed by atoms with E-state index in [9.17, 15) is 0 Å². The number of nitrogens with one attached hydrogen (secondary N) is 3. The van der Waals surface area contributed by atoms with Gasteiger partial charge >= 0.3 is 0 Å². The molecule has 0 radical (unpaired) electrons. The van der Waals surface area contributed by atoms with Crippen molar-refractivity contribution in [1.82, 2.24) is 25.5 Å². The summed E-state index contributed by atoms with van der Waals surface area (Å²) in [5, 5.41) is 26.6. The summed E-state index contributed by atoms with van der Waals surface area (Å²) < 4.78 is 5.67. The smallest absolute Gasteiger partial charge is 0.158 e. The first-order valence-corrected chi connectivity index (χ1v) is 8.64. The van der Waals surface area contributed by atoms with E-state index in [4.69, 9.17) is 10.00 Å². The first-order chi connectivity index (χ1) is 12.7. The summed E-state index contributed by atoms with van der Waals surface area (Å²) in [5.74, 6) is 1.04. The molecule has 1 atom stereocenters. The van der Waals surface area contributed by atoms with Crippen molar-refractivity contribution in [3.05, 3.63) is 29.8 Å². The Balaban J connectivity index is 0.00000117. The summed E-state index contributed by atoms with van der Waals surface area (Å²) in [5.41, 5.74) is 1.94. The normalized spacial score (nSPS) is 16.0. The highest BCUT2D eigenvalue weighted by molar-refractivity contribution is 5.59. The predicted octanol–water partition coefficient (Wildman–Crippen LogP) is 1.62. The van der Waals surface area contributed by atoms with Gasteiger partial charge in [-0.15, -0.1) is 5.10 Å². The number of morpholine rings is 1. The maximum absolute atomic E-state index is 8.73. The third-order valence-corrected chi connectivity index (χ3v) is 3.53. The number of aromatic nitrogens is 4.